The van der Waals surface area contributed by atoms with Crippen LogP contribution in [0.25, 0.3) is 0 Å². The predicted molar refractivity (Wildman–Crippen MR) is 71.2 cm³/mol. The fourth-order valence-electron chi connectivity index (χ4n) is 1.75. The lowest BCUT2D eigenvalue weighted by molar-refractivity contribution is -0.144. The van der Waals surface area contributed by atoms with Gasteiger partial charge in [0.1, 0.15) is 6.54 Å². The highest BCUT2D eigenvalue weighted by molar-refractivity contribution is 5.83. The topological polar surface area (TPSA) is 66.8 Å². The first kappa shape index (κ1) is 18.0. The Balaban J connectivity index is 2.73. The number of carboxylic acid groups (broad SMARTS) is 1. The van der Waals surface area contributed by atoms with E-state index < -0.39 is 30.2 Å². The van der Waals surface area contributed by atoms with Gasteiger partial charge < -0.3 is 14.7 Å². The van der Waals surface area contributed by atoms with Gasteiger partial charge in [-0.25, -0.2) is 0 Å². The molecule has 0 fully saturated rings. The van der Waals surface area contributed by atoms with E-state index in [2.05, 4.69) is 0 Å². The Kier molecular flexibility index (Phi) is 6.36. The van der Waals surface area contributed by atoms with Crippen LogP contribution in [0.3, 0.4) is 0 Å². The van der Waals surface area contributed by atoms with E-state index in [0.717, 1.165) is 17.0 Å². The van der Waals surface area contributed by atoms with Crippen molar-refractivity contribution in [3.63, 3.8) is 0 Å². The van der Waals surface area contributed by atoms with Gasteiger partial charge in [-0.05, 0) is 17.7 Å². The SMILES string of the molecule is COCCN(CC(=O)O)C(=O)Cc1ccc(C(F)(F)F)cc1. The summed E-state index contributed by atoms with van der Waals surface area (Å²) >= 11 is 0. The minimum atomic E-state index is -4.43. The number of carbonyl (C=O) groups is 2. The average molecular weight is 319 g/mol. The van der Waals surface area contributed by atoms with Gasteiger partial charge in [0.2, 0.25) is 5.91 Å². The molecule has 0 aliphatic heterocycles. The molecule has 0 aliphatic carbocycles. The lowest BCUT2D eigenvalue weighted by atomic mass is 10.1. The number of amides is 1. The maximum absolute atomic E-state index is 12.4. The third-order valence-corrected chi connectivity index (χ3v) is 2.88. The number of aliphatic carboxylic acids is 1. The number of ether oxygens (including phenoxy) is 1. The monoisotopic (exact) mass is 319 g/mol. The van der Waals surface area contributed by atoms with Gasteiger partial charge in [-0.1, -0.05) is 12.1 Å². The number of carbonyl (C=O) groups excluding carboxylic acids is 1. The quantitative estimate of drug-likeness (QED) is 0.832. The third kappa shape index (κ3) is 5.72. The summed E-state index contributed by atoms with van der Waals surface area (Å²) in [5.41, 5.74) is -0.420. The molecule has 0 unspecified atom stereocenters. The van der Waals surface area contributed by atoms with E-state index in [1.807, 2.05) is 0 Å². The molecule has 8 heteroatoms. The smallest absolute Gasteiger partial charge is 0.416 e. The maximum atomic E-state index is 12.4. The molecule has 0 heterocycles. The van der Waals surface area contributed by atoms with E-state index in [9.17, 15) is 22.8 Å². The van der Waals surface area contributed by atoms with Gasteiger partial charge in [0.15, 0.2) is 0 Å². The first-order valence-corrected chi connectivity index (χ1v) is 6.38. The number of alkyl halides is 3. The molecule has 0 atom stereocenters. The zero-order valence-electron chi connectivity index (χ0n) is 11.9. The Labute approximate surface area is 125 Å². The highest BCUT2D eigenvalue weighted by Crippen LogP contribution is 2.29. The maximum Gasteiger partial charge on any atom is 0.416 e. The summed E-state index contributed by atoms with van der Waals surface area (Å²) in [5, 5.41) is 8.76. The van der Waals surface area contributed by atoms with E-state index >= 15 is 0 Å². The van der Waals surface area contributed by atoms with Gasteiger partial charge in [-0.15, -0.1) is 0 Å². The molecule has 122 valence electrons. The lowest BCUT2D eigenvalue weighted by Gasteiger charge is -2.20. The second-order valence-corrected chi connectivity index (χ2v) is 4.57. The molecule has 1 amide bonds. The van der Waals surface area contributed by atoms with Crippen molar-refractivity contribution < 1.29 is 32.6 Å². The van der Waals surface area contributed by atoms with Crippen molar-refractivity contribution in [3.05, 3.63) is 35.4 Å². The van der Waals surface area contributed by atoms with Crippen LogP contribution in [0, 0.1) is 0 Å². The first-order valence-electron chi connectivity index (χ1n) is 6.38. The van der Waals surface area contributed by atoms with Crippen molar-refractivity contribution in [3.8, 4) is 0 Å². The number of carboxylic acids is 1. The molecule has 0 radical (unpaired) electrons. The number of rotatable bonds is 7. The Hall–Kier alpha value is -2.09. The van der Waals surface area contributed by atoms with Crippen LogP contribution in [0.5, 0.6) is 0 Å². The van der Waals surface area contributed by atoms with Gasteiger partial charge in [0.25, 0.3) is 0 Å². The molecule has 0 saturated carbocycles. The van der Waals surface area contributed by atoms with E-state index in [1.54, 1.807) is 0 Å². The Morgan fingerprint density at radius 2 is 1.82 bits per heavy atom. The van der Waals surface area contributed by atoms with Crippen LogP contribution in [0.4, 0.5) is 13.2 Å². The van der Waals surface area contributed by atoms with E-state index in [0.29, 0.717) is 5.56 Å². The Morgan fingerprint density at radius 1 is 1.23 bits per heavy atom. The zero-order valence-corrected chi connectivity index (χ0v) is 11.9. The molecule has 22 heavy (non-hydrogen) atoms. The van der Waals surface area contributed by atoms with Crippen LogP contribution in [-0.4, -0.2) is 48.7 Å². The summed E-state index contributed by atoms with van der Waals surface area (Å²) in [6, 6.07) is 4.19. The number of hydrogen-bond acceptors (Lipinski definition) is 3. The highest BCUT2D eigenvalue weighted by atomic mass is 19.4. The zero-order chi connectivity index (χ0) is 16.8. The molecule has 1 aromatic rings. The minimum absolute atomic E-state index is 0.0995. The number of benzene rings is 1. The fraction of sp³-hybridized carbons (Fsp3) is 0.429. The molecule has 0 aliphatic rings. The normalized spacial score (nSPS) is 11.3. The molecular weight excluding hydrogens is 303 g/mol. The molecule has 0 spiro atoms. The second-order valence-electron chi connectivity index (χ2n) is 4.57. The minimum Gasteiger partial charge on any atom is -0.480 e. The van der Waals surface area contributed by atoms with Crippen molar-refractivity contribution in [2.24, 2.45) is 0 Å². The van der Waals surface area contributed by atoms with E-state index in [4.69, 9.17) is 9.84 Å². The van der Waals surface area contributed by atoms with Crippen LogP contribution in [0.15, 0.2) is 24.3 Å². The Bertz CT molecular complexity index is 514. The molecule has 0 bridgehead atoms. The molecule has 5 nitrogen and oxygen atoms in total. The Morgan fingerprint density at radius 3 is 2.27 bits per heavy atom. The fourth-order valence-corrected chi connectivity index (χ4v) is 1.75. The summed E-state index contributed by atoms with van der Waals surface area (Å²) in [6.45, 7) is -0.211. The molecule has 0 aromatic heterocycles. The number of nitrogens with zero attached hydrogens (tertiary/aromatic N) is 1. The number of halogens is 3. The van der Waals surface area contributed by atoms with Crippen molar-refractivity contribution in [2.75, 3.05) is 26.8 Å². The summed E-state index contributed by atoms with van der Waals surface area (Å²) in [6.07, 6.45) is -4.61. The van der Waals surface area contributed by atoms with Gasteiger partial charge >= 0.3 is 12.1 Å². The first-order chi connectivity index (χ1) is 10.2. The summed E-state index contributed by atoms with van der Waals surface area (Å²) < 4.78 is 42.1. The predicted octanol–water partition coefficient (Wildman–Crippen LogP) is 1.81. The van der Waals surface area contributed by atoms with Crippen LogP contribution < -0.4 is 0 Å². The van der Waals surface area contributed by atoms with Crippen molar-refractivity contribution in [2.45, 2.75) is 12.6 Å². The standard InChI is InChI=1S/C14H16F3NO4/c1-22-7-6-18(9-13(20)21)12(19)8-10-2-4-11(5-3-10)14(15,16)17/h2-5H,6-9H2,1H3,(H,20,21). The number of hydrogen-bond donors (Lipinski definition) is 1. The summed E-state index contributed by atoms with van der Waals surface area (Å²) in [5.74, 6) is -1.66. The van der Waals surface area contributed by atoms with E-state index in [-0.39, 0.29) is 19.6 Å². The van der Waals surface area contributed by atoms with Crippen LogP contribution >= 0.6 is 0 Å². The van der Waals surface area contributed by atoms with E-state index in [1.165, 1.54) is 19.2 Å². The van der Waals surface area contributed by atoms with Gasteiger partial charge in [0, 0.05) is 13.7 Å². The second kappa shape index (κ2) is 7.79. The number of methoxy groups -OCH3 is 1. The molecule has 1 rings (SSSR count). The molecule has 1 N–H and O–H groups in total. The van der Waals surface area contributed by atoms with Crippen LogP contribution in [0.2, 0.25) is 0 Å². The summed E-state index contributed by atoms with van der Waals surface area (Å²) in [4.78, 5) is 23.8. The largest absolute Gasteiger partial charge is 0.480 e. The van der Waals surface area contributed by atoms with Crippen molar-refractivity contribution in [1.29, 1.82) is 0 Å². The van der Waals surface area contributed by atoms with Crippen molar-refractivity contribution >= 4 is 11.9 Å². The van der Waals surface area contributed by atoms with Gasteiger partial charge in [-0.2, -0.15) is 13.2 Å². The van der Waals surface area contributed by atoms with Crippen molar-refractivity contribution in [1.82, 2.24) is 4.90 Å². The highest BCUT2D eigenvalue weighted by Gasteiger charge is 2.30. The molecular formula is C14H16F3NO4. The van der Waals surface area contributed by atoms with Gasteiger partial charge in [0.05, 0.1) is 18.6 Å². The molecule has 0 saturated heterocycles. The van der Waals surface area contributed by atoms with Gasteiger partial charge in [-0.3, -0.25) is 9.59 Å². The summed E-state index contributed by atoms with van der Waals surface area (Å²) in [7, 11) is 1.42. The average Bonchev–Trinajstić information content (AvgIpc) is 2.42. The third-order valence-electron chi connectivity index (χ3n) is 2.88. The van der Waals surface area contributed by atoms with Crippen LogP contribution in [0.1, 0.15) is 11.1 Å². The van der Waals surface area contributed by atoms with Crippen LogP contribution in [-0.2, 0) is 26.9 Å². The molecule has 1 aromatic carbocycles. The lowest BCUT2D eigenvalue weighted by Crippen LogP contribution is -2.38.